The minimum atomic E-state index is -0.210. The SMILES string of the molecule is CCN1CCc2nc(NC(=O)COc3ccc(OCc4ccccc4)cc3)sc2C1. The van der Waals surface area contributed by atoms with Crippen LogP contribution in [0.3, 0.4) is 0 Å². The van der Waals surface area contributed by atoms with Crippen molar-refractivity contribution in [1.29, 1.82) is 0 Å². The zero-order chi connectivity index (χ0) is 20.8. The number of amides is 1. The third-order valence-electron chi connectivity index (χ3n) is 4.95. The second kappa shape index (κ2) is 9.73. The number of rotatable bonds is 8. The van der Waals surface area contributed by atoms with Crippen LogP contribution in [-0.2, 0) is 24.4 Å². The highest BCUT2D eigenvalue weighted by molar-refractivity contribution is 7.15. The number of hydrogen-bond donors (Lipinski definition) is 1. The van der Waals surface area contributed by atoms with Crippen LogP contribution in [0.4, 0.5) is 5.13 Å². The lowest BCUT2D eigenvalue weighted by Crippen LogP contribution is -2.29. The fraction of sp³-hybridized carbons (Fsp3) is 0.304. The number of carbonyl (C=O) groups is 1. The van der Waals surface area contributed by atoms with E-state index in [1.54, 1.807) is 23.5 Å². The summed E-state index contributed by atoms with van der Waals surface area (Å²) >= 11 is 1.55. The van der Waals surface area contributed by atoms with Gasteiger partial charge in [-0.15, -0.1) is 11.3 Å². The average molecular weight is 424 g/mol. The molecular formula is C23H25N3O3S. The lowest BCUT2D eigenvalue weighted by Gasteiger charge is -2.23. The maximum atomic E-state index is 12.2. The molecule has 2 heterocycles. The van der Waals surface area contributed by atoms with Crippen LogP contribution in [0.15, 0.2) is 54.6 Å². The summed E-state index contributed by atoms with van der Waals surface area (Å²) in [7, 11) is 0. The van der Waals surface area contributed by atoms with Gasteiger partial charge in [0.15, 0.2) is 11.7 Å². The number of nitrogens with one attached hydrogen (secondary N) is 1. The van der Waals surface area contributed by atoms with Gasteiger partial charge in [0, 0.05) is 24.4 Å². The van der Waals surface area contributed by atoms with Gasteiger partial charge in [-0.25, -0.2) is 4.98 Å². The van der Waals surface area contributed by atoms with Crippen molar-refractivity contribution in [1.82, 2.24) is 9.88 Å². The van der Waals surface area contributed by atoms with Crippen molar-refractivity contribution in [3.8, 4) is 11.5 Å². The van der Waals surface area contributed by atoms with Crippen molar-refractivity contribution in [2.24, 2.45) is 0 Å². The van der Waals surface area contributed by atoms with Gasteiger partial charge in [0.25, 0.3) is 5.91 Å². The second-order valence-corrected chi connectivity index (χ2v) is 8.17. The van der Waals surface area contributed by atoms with E-state index in [1.807, 2.05) is 42.5 Å². The van der Waals surface area contributed by atoms with E-state index in [0.29, 0.717) is 17.5 Å². The van der Waals surface area contributed by atoms with Gasteiger partial charge in [0.2, 0.25) is 0 Å². The summed E-state index contributed by atoms with van der Waals surface area (Å²) in [4.78, 5) is 20.4. The maximum Gasteiger partial charge on any atom is 0.264 e. The first-order chi connectivity index (χ1) is 14.7. The van der Waals surface area contributed by atoms with E-state index in [4.69, 9.17) is 9.47 Å². The monoisotopic (exact) mass is 423 g/mol. The molecule has 1 aliphatic heterocycles. The van der Waals surface area contributed by atoms with Crippen LogP contribution in [0.5, 0.6) is 11.5 Å². The molecule has 1 aliphatic rings. The van der Waals surface area contributed by atoms with E-state index in [9.17, 15) is 4.79 Å². The quantitative estimate of drug-likeness (QED) is 0.591. The molecule has 1 aromatic heterocycles. The Morgan fingerprint density at radius 1 is 1.10 bits per heavy atom. The minimum Gasteiger partial charge on any atom is -0.489 e. The smallest absolute Gasteiger partial charge is 0.264 e. The first-order valence-corrected chi connectivity index (χ1v) is 10.9. The normalized spacial score (nSPS) is 13.5. The number of anilines is 1. The number of aromatic nitrogens is 1. The first kappa shape index (κ1) is 20.4. The van der Waals surface area contributed by atoms with Crippen LogP contribution < -0.4 is 14.8 Å². The van der Waals surface area contributed by atoms with Crippen molar-refractivity contribution >= 4 is 22.4 Å². The third-order valence-corrected chi connectivity index (χ3v) is 5.94. The molecule has 0 radical (unpaired) electrons. The van der Waals surface area contributed by atoms with Crippen molar-refractivity contribution < 1.29 is 14.3 Å². The Morgan fingerprint density at radius 3 is 2.57 bits per heavy atom. The van der Waals surface area contributed by atoms with Crippen molar-refractivity contribution in [2.45, 2.75) is 26.5 Å². The van der Waals surface area contributed by atoms with Gasteiger partial charge in [-0.1, -0.05) is 37.3 Å². The molecular weight excluding hydrogens is 398 g/mol. The van der Waals surface area contributed by atoms with Gasteiger partial charge in [-0.3, -0.25) is 15.0 Å². The lowest BCUT2D eigenvalue weighted by molar-refractivity contribution is -0.118. The Morgan fingerprint density at radius 2 is 1.83 bits per heavy atom. The number of nitrogens with zero attached hydrogens (tertiary/aromatic N) is 2. The molecule has 7 heteroatoms. The van der Waals surface area contributed by atoms with Crippen molar-refractivity contribution in [2.75, 3.05) is 25.0 Å². The molecule has 0 atom stereocenters. The highest BCUT2D eigenvalue weighted by atomic mass is 32.1. The maximum absolute atomic E-state index is 12.2. The van der Waals surface area contributed by atoms with Crippen LogP contribution >= 0.6 is 11.3 Å². The highest BCUT2D eigenvalue weighted by Crippen LogP contribution is 2.28. The predicted molar refractivity (Wildman–Crippen MR) is 118 cm³/mol. The summed E-state index contributed by atoms with van der Waals surface area (Å²) < 4.78 is 11.4. The average Bonchev–Trinajstić information content (AvgIpc) is 3.19. The van der Waals surface area contributed by atoms with Crippen LogP contribution in [0.2, 0.25) is 0 Å². The zero-order valence-electron chi connectivity index (χ0n) is 17.0. The lowest BCUT2D eigenvalue weighted by atomic mass is 10.2. The second-order valence-electron chi connectivity index (χ2n) is 7.09. The zero-order valence-corrected chi connectivity index (χ0v) is 17.8. The van der Waals surface area contributed by atoms with Crippen molar-refractivity contribution in [3.05, 3.63) is 70.7 Å². The number of carbonyl (C=O) groups excluding carboxylic acids is 1. The standard InChI is InChI=1S/C23H25N3O3S/c1-2-26-13-12-20-21(14-26)30-23(24-20)25-22(27)16-29-19-10-8-18(9-11-19)28-15-17-6-4-3-5-7-17/h3-11H,2,12-16H2,1H3,(H,24,25,27). The van der Waals surface area contributed by atoms with Crippen LogP contribution in [0.25, 0.3) is 0 Å². The summed E-state index contributed by atoms with van der Waals surface area (Å²) in [6.07, 6.45) is 0.935. The molecule has 2 aromatic carbocycles. The molecule has 0 spiro atoms. The highest BCUT2D eigenvalue weighted by Gasteiger charge is 2.20. The molecule has 1 amide bonds. The van der Waals surface area contributed by atoms with Crippen LogP contribution in [-0.4, -0.2) is 35.5 Å². The van der Waals surface area contributed by atoms with Gasteiger partial charge in [0.1, 0.15) is 18.1 Å². The third kappa shape index (κ3) is 5.37. The number of hydrogen-bond acceptors (Lipinski definition) is 6. The Bertz CT molecular complexity index is 973. The van der Waals surface area contributed by atoms with Gasteiger partial charge in [0.05, 0.1) is 5.69 Å². The van der Waals surface area contributed by atoms with E-state index in [0.717, 1.165) is 43.1 Å². The molecule has 0 bridgehead atoms. The Balaban J connectivity index is 1.24. The van der Waals surface area contributed by atoms with Gasteiger partial charge < -0.3 is 9.47 Å². The first-order valence-electron chi connectivity index (χ1n) is 10.1. The number of likely N-dealkylation sites (N-methyl/N-ethyl adjacent to an activating group) is 1. The minimum absolute atomic E-state index is 0.0600. The Hall–Kier alpha value is -2.90. The van der Waals surface area contributed by atoms with Gasteiger partial charge in [-0.2, -0.15) is 0 Å². The number of benzene rings is 2. The fourth-order valence-corrected chi connectivity index (χ4v) is 4.32. The number of ether oxygens (including phenoxy) is 2. The molecule has 0 saturated heterocycles. The van der Waals surface area contributed by atoms with E-state index < -0.39 is 0 Å². The van der Waals surface area contributed by atoms with E-state index in [2.05, 4.69) is 22.1 Å². The molecule has 3 aromatic rings. The summed E-state index contributed by atoms with van der Waals surface area (Å²) in [5.74, 6) is 1.16. The number of thiazole rings is 1. The Labute approximate surface area is 180 Å². The Kier molecular flexibility index (Phi) is 6.61. The molecule has 6 nitrogen and oxygen atoms in total. The molecule has 4 rings (SSSR count). The molecule has 0 unspecified atom stereocenters. The summed E-state index contributed by atoms with van der Waals surface area (Å²) in [6.45, 7) is 5.58. The van der Waals surface area contributed by atoms with E-state index >= 15 is 0 Å². The molecule has 0 aliphatic carbocycles. The topological polar surface area (TPSA) is 63.7 Å². The summed E-state index contributed by atoms with van der Waals surface area (Å²) in [5, 5.41) is 3.50. The van der Waals surface area contributed by atoms with Gasteiger partial charge in [-0.05, 0) is 36.4 Å². The number of fused-ring (bicyclic) bond motifs is 1. The van der Waals surface area contributed by atoms with Crippen molar-refractivity contribution in [3.63, 3.8) is 0 Å². The molecule has 0 fully saturated rings. The van der Waals surface area contributed by atoms with E-state index in [1.165, 1.54) is 4.88 Å². The van der Waals surface area contributed by atoms with E-state index in [-0.39, 0.29) is 12.5 Å². The molecule has 30 heavy (non-hydrogen) atoms. The predicted octanol–water partition coefficient (Wildman–Crippen LogP) is 4.12. The van der Waals surface area contributed by atoms with Gasteiger partial charge >= 0.3 is 0 Å². The molecule has 1 N–H and O–H groups in total. The molecule has 156 valence electrons. The summed E-state index contributed by atoms with van der Waals surface area (Å²) in [5.41, 5.74) is 2.22. The molecule has 0 saturated carbocycles. The largest absolute Gasteiger partial charge is 0.489 e. The van der Waals surface area contributed by atoms with Crippen LogP contribution in [0.1, 0.15) is 23.1 Å². The fourth-order valence-electron chi connectivity index (χ4n) is 3.25. The van der Waals surface area contributed by atoms with Crippen LogP contribution in [0, 0.1) is 0 Å². The summed E-state index contributed by atoms with van der Waals surface area (Å²) in [6, 6.07) is 17.3.